The van der Waals surface area contributed by atoms with E-state index in [-0.39, 0.29) is 17.4 Å². The molecule has 3 N–H and O–H groups in total. The molecular formula is C23H17ClN2O3. The van der Waals surface area contributed by atoms with E-state index in [1.165, 1.54) is 24.3 Å². The number of fused-ring (bicyclic) bond motifs is 1. The minimum Gasteiger partial charge on any atom is -0.508 e. The van der Waals surface area contributed by atoms with Crippen molar-refractivity contribution in [3.05, 3.63) is 87.4 Å². The Morgan fingerprint density at radius 1 is 1.03 bits per heavy atom. The van der Waals surface area contributed by atoms with Gasteiger partial charge in [-0.1, -0.05) is 42.8 Å². The van der Waals surface area contributed by atoms with Crippen LogP contribution in [0.3, 0.4) is 0 Å². The molecule has 0 saturated carbocycles. The number of rotatable bonds is 3. The molecule has 1 aliphatic heterocycles. The first-order valence-corrected chi connectivity index (χ1v) is 9.47. The molecule has 0 bridgehead atoms. The first-order chi connectivity index (χ1) is 13.9. The summed E-state index contributed by atoms with van der Waals surface area (Å²) in [6.45, 7) is 1.91. The van der Waals surface area contributed by atoms with Crippen molar-refractivity contribution < 1.29 is 15.0 Å². The summed E-state index contributed by atoms with van der Waals surface area (Å²) in [5, 5.41) is 32.4. The molecule has 3 aromatic carbocycles. The van der Waals surface area contributed by atoms with Gasteiger partial charge in [0.1, 0.15) is 23.0 Å². The molecule has 0 saturated heterocycles. The standard InChI is InChI=1S/C23H17ClN2O3/c1-2-18-20(24)13(12-25)11-19-21(18)26-22(29)23(19,14-3-7-16(27)8-4-14)15-5-9-17(28)10-6-15/h3-11,27-28H,2H2,1H3,(H,26,29). The maximum Gasteiger partial charge on any atom is 0.244 e. The second-order valence-electron chi connectivity index (χ2n) is 6.90. The van der Waals surface area contributed by atoms with Crippen molar-refractivity contribution in [2.75, 3.05) is 5.32 Å². The number of benzene rings is 3. The van der Waals surface area contributed by atoms with E-state index in [1.807, 2.05) is 6.92 Å². The average molecular weight is 405 g/mol. The van der Waals surface area contributed by atoms with Crippen molar-refractivity contribution in [3.63, 3.8) is 0 Å². The lowest BCUT2D eigenvalue weighted by Crippen LogP contribution is -2.37. The number of carbonyl (C=O) groups is 1. The molecule has 1 aliphatic rings. The van der Waals surface area contributed by atoms with Crippen molar-refractivity contribution >= 4 is 23.2 Å². The summed E-state index contributed by atoms with van der Waals surface area (Å²) in [4.78, 5) is 13.5. The molecule has 0 aromatic heterocycles. The topological polar surface area (TPSA) is 93.4 Å². The van der Waals surface area contributed by atoms with E-state index in [1.54, 1.807) is 30.3 Å². The van der Waals surface area contributed by atoms with Crippen LogP contribution in [0.4, 0.5) is 5.69 Å². The summed E-state index contributed by atoms with van der Waals surface area (Å²) in [6.07, 6.45) is 0.540. The Kier molecular flexibility index (Phi) is 4.45. The van der Waals surface area contributed by atoms with Gasteiger partial charge in [0.25, 0.3) is 0 Å². The average Bonchev–Trinajstić information content (AvgIpc) is 3.01. The Morgan fingerprint density at radius 3 is 2.00 bits per heavy atom. The van der Waals surface area contributed by atoms with E-state index in [9.17, 15) is 20.3 Å². The van der Waals surface area contributed by atoms with E-state index in [2.05, 4.69) is 11.4 Å². The van der Waals surface area contributed by atoms with Crippen LogP contribution in [0, 0.1) is 11.3 Å². The molecule has 1 heterocycles. The zero-order chi connectivity index (χ0) is 20.8. The quantitative estimate of drug-likeness (QED) is 0.600. The monoisotopic (exact) mass is 404 g/mol. The summed E-state index contributed by atoms with van der Waals surface area (Å²) in [5.74, 6) is -0.127. The lowest BCUT2D eigenvalue weighted by atomic mass is 9.69. The Hall–Kier alpha value is -3.49. The van der Waals surface area contributed by atoms with Crippen LogP contribution in [0.1, 0.15) is 34.7 Å². The molecule has 5 nitrogen and oxygen atoms in total. The van der Waals surface area contributed by atoms with Crippen molar-refractivity contribution in [3.8, 4) is 17.6 Å². The molecule has 6 heteroatoms. The Bertz CT molecular complexity index is 1120. The number of phenols is 2. The lowest BCUT2D eigenvalue weighted by molar-refractivity contribution is -0.118. The zero-order valence-electron chi connectivity index (χ0n) is 15.5. The third kappa shape index (κ3) is 2.65. The molecular weight excluding hydrogens is 388 g/mol. The SMILES string of the molecule is CCc1c(Cl)c(C#N)cc2c1NC(=O)C2(c1ccc(O)cc1)c1ccc(O)cc1. The van der Waals surface area contributed by atoms with Crippen molar-refractivity contribution in [2.45, 2.75) is 18.8 Å². The van der Waals surface area contributed by atoms with Crippen molar-refractivity contribution in [2.24, 2.45) is 0 Å². The van der Waals surface area contributed by atoms with Gasteiger partial charge in [0.05, 0.1) is 16.3 Å². The van der Waals surface area contributed by atoms with E-state index >= 15 is 0 Å². The number of hydrogen-bond donors (Lipinski definition) is 3. The van der Waals surface area contributed by atoms with Gasteiger partial charge in [0.15, 0.2) is 0 Å². The Labute approximate surface area is 172 Å². The lowest BCUT2D eigenvalue weighted by Gasteiger charge is -2.29. The summed E-state index contributed by atoms with van der Waals surface area (Å²) >= 11 is 6.43. The molecule has 0 fully saturated rings. The highest BCUT2D eigenvalue weighted by molar-refractivity contribution is 6.33. The Morgan fingerprint density at radius 2 is 1.55 bits per heavy atom. The number of phenolic OH excluding ortho intramolecular Hbond substituents is 2. The molecule has 0 spiro atoms. The highest BCUT2D eigenvalue weighted by Crippen LogP contribution is 2.51. The molecule has 0 atom stereocenters. The van der Waals surface area contributed by atoms with Gasteiger partial charge in [-0.25, -0.2) is 0 Å². The van der Waals surface area contributed by atoms with E-state index in [4.69, 9.17) is 11.6 Å². The number of anilines is 1. The van der Waals surface area contributed by atoms with Crippen LogP contribution in [-0.2, 0) is 16.6 Å². The number of aromatic hydroxyl groups is 2. The number of amides is 1. The predicted octanol–water partition coefficient (Wildman–Crippen LogP) is 4.47. The van der Waals surface area contributed by atoms with Crippen LogP contribution in [-0.4, -0.2) is 16.1 Å². The van der Waals surface area contributed by atoms with Gasteiger partial charge in [0, 0.05) is 5.56 Å². The zero-order valence-corrected chi connectivity index (χ0v) is 16.3. The third-order valence-electron chi connectivity index (χ3n) is 5.42. The van der Waals surface area contributed by atoms with E-state index in [0.29, 0.717) is 44.9 Å². The van der Waals surface area contributed by atoms with Crippen molar-refractivity contribution in [1.29, 1.82) is 5.26 Å². The van der Waals surface area contributed by atoms with Crippen LogP contribution in [0.2, 0.25) is 5.02 Å². The van der Waals surface area contributed by atoms with Crippen LogP contribution < -0.4 is 5.32 Å². The van der Waals surface area contributed by atoms with Crippen molar-refractivity contribution in [1.82, 2.24) is 0 Å². The van der Waals surface area contributed by atoms with Crippen LogP contribution in [0.5, 0.6) is 11.5 Å². The van der Waals surface area contributed by atoms with Crippen LogP contribution in [0.15, 0.2) is 54.6 Å². The van der Waals surface area contributed by atoms with Crippen LogP contribution in [0.25, 0.3) is 0 Å². The van der Waals surface area contributed by atoms with Crippen LogP contribution >= 0.6 is 11.6 Å². The van der Waals surface area contributed by atoms with Gasteiger partial charge in [-0.05, 0) is 53.4 Å². The van der Waals surface area contributed by atoms with E-state index in [0.717, 1.165) is 0 Å². The maximum atomic E-state index is 13.5. The summed E-state index contributed by atoms with van der Waals surface area (Å²) < 4.78 is 0. The smallest absolute Gasteiger partial charge is 0.244 e. The largest absolute Gasteiger partial charge is 0.508 e. The summed E-state index contributed by atoms with van der Waals surface area (Å²) in [6, 6.07) is 16.6. The van der Waals surface area contributed by atoms with Gasteiger partial charge >= 0.3 is 0 Å². The van der Waals surface area contributed by atoms with Gasteiger partial charge in [-0.15, -0.1) is 0 Å². The first kappa shape index (κ1) is 18.9. The highest BCUT2D eigenvalue weighted by Gasteiger charge is 2.51. The number of hydrogen-bond acceptors (Lipinski definition) is 4. The first-order valence-electron chi connectivity index (χ1n) is 9.09. The molecule has 4 rings (SSSR count). The molecule has 144 valence electrons. The van der Waals surface area contributed by atoms with Gasteiger partial charge < -0.3 is 15.5 Å². The van der Waals surface area contributed by atoms with Gasteiger partial charge in [-0.3, -0.25) is 4.79 Å². The molecule has 1 amide bonds. The van der Waals surface area contributed by atoms with E-state index < -0.39 is 5.41 Å². The third-order valence-corrected chi connectivity index (χ3v) is 5.85. The number of nitrogens with one attached hydrogen (secondary N) is 1. The second-order valence-corrected chi connectivity index (χ2v) is 7.28. The second kappa shape index (κ2) is 6.84. The molecule has 0 radical (unpaired) electrons. The number of nitriles is 1. The number of carbonyl (C=O) groups excluding carboxylic acids is 1. The van der Waals surface area contributed by atoms with Gasteiger partial charge in [0.2, 0.25) is 5.91 Å². The predicted molar refractivity (Wildman–Crippen MR) is 110 cm³/mol. The normalized spacial score (nSPS) is 14.2. The molecule has 3 aromatic rings. The number of halogens is 1. The fourth-order valence-corrected chi connectivity index (χ4v) is 4.38. The molecule has 0 aliphatic carbocycles. The maximum absolute atomic E-state index is 13.5. The minimum absolute atomic E-state index is 0.0799. The fraction of sp³-hybridized carbons (Fsp3) is 0.130. The van der Waals surface area contributed by atoms with Gasteiger partial charge in [-0.2, -0.15) is 5.26 Å². The fourth-order valence-electron chi connectivity index (χ4n) is 4.06. The summed E-state index contributed by atoms with van der Waals surface area (Å²) in [7, 11) is 0. The molecule has 0 unspecified atom stereocenters. The minimum atomic E-state index is -1.25. The summed E-state index contributed by atoms with van der Waals surface area (Å²) in [5.41, 5.74) is 2.22. The Balaban J connectivity index is 2.14. The highest BCUT2D eigenvalue weighted by atomic mass is 35.5. The molecule has 29 heavy (non-hydrogen) atoms. The number of nitrogens with zero attached hydrogens (tertiary/aromatic N) is 1.